The maximum Gasteiger partial charge on any atom is 0.321 e. The number of carbonyl (C=O) groups is 1. The first kappa shape index (κ1) is 12.4. The Kier molecular flexibility index (Phi) is 4.05. The van der Waals surface area contributed by atoms with Gasteiger partial charge in [-0.25, -0.2) is 4.79 Å². The van der Waals surface area contributed by atoms with E-state index in [9.17, 15) is 4.79 Å². The summed E-state index contributed by atoms with van der Waals surface area (Å²) in [6.45, 7) is 3.96. The van der Waals surface area contributed by atoms with E-state index in [2.05, 4.69) is 28.2 Å². The lowest BCUT2D eigenvalue weighted by Crippen LogP contribution is -2.40. The molecular weight excluding hydrogens is 280 g/mol. The van der Waals surface area contributed by atoms with Crippen LogP contribution in [0, 0.1) is 5.92 Å². The molecule has 1 aromatic carbocycles. The summed E-state index contributed by atoms with van der Waals surface area (Å²) in [7, 11) is 0. The van der Waals surface area contributed by atoms with E-state index in [0.717, 1.165) is 42.0 Å². The number of hydrogen-bond donors (Lipinski definition) is 1. The molecule has 0 aromatic heterocycles. The number of anilines is 1. The predicted molar refractivity (Wildman–Crippen MR) is 73.1 cm³/mol. The first-order valence-electron chi connectivity index (χ1n) is 5.97. The molecular formula is C13H17BrN2O. The maximum atomic E-state index is 12.0. The molecule has 1 fully saturated rings. The molecule has 0 radical (unpaired) electrons. The molecule has 92 valence electrons. The summed E-state index contributed by atoms with van der Waals surface area (Å²) in [4.78, 5) is 13.9. The van der Waals surface area contributed by atoms with Crippen molar-refractivity contribution in [2.24, 2.45) is 5.92 Å². The van der Waals surface area contributed by atoms with Crippen LogP contribution in [0.5, 0.6) is 0 Å². The molecule has 4 heteroatoms. The molecule has 1 aliphatic heterocycles. The SMILES string of the molecule is CC1CCN(C(=O)Nc2ccccc2Br)CC1. The van der Waals surface area contributed by atoms with Crippen molar-refractivity contribution in [3.05, 3.63) is 28.7 Å². The fraction of sp³-hybridized carbons (Fsp3) is 0.462. The van der Waals surface area contributed by atoms with Crippen molar-refractivity contribution in [3.8, 4) is 0 Å². The van der Waals surface area contributed by atoms with Crippen molar-refractivity contribution in [1.82, 2.24) is 4.90 Å². The number of piperidine rings is 1. The van der Waals surface area contributed by atoms with Gasteiger partial charge in [-0.15, -0.1) is 0 Å². The summed E-state index contributed by atoms with van der Waals surface area (Å²) in [5.74, 6) is 0.738. The number of amides is 2. The van der Waals surface area contributed by atoms with Crippen molar-refractivity contribution in [2.75, 3.05) is 18.4 Å². The minimum absolute atomic E-state index is 0.00352. The summed E-state index contributed by atoms with van der Waals surface area (Å²) in [5.41, 5.74) is 0.830. The first-order valence-corrected chi connectivity index (χ1v) is 6.76. The number of para-hydroxylation sites is 1. The number of nitrogens with zero attached hydrogens (tertiary/aromatic N) is 1. The van der Waals surface area contributed by atoms with Crippen LogP contribution in [0.4, 0.5) is 10.5 Å². The summed E-state index contributed by atoms with van der Waals surface area (Å²) in [6, 6.07) is 7.67. The summed E-state index contributed by atoms with van der Waals surface area (Å²) in [5, 5.41) is 2.93. The fourth-order valence-electron chi connectivity index (χ4n) is 1.97. The van der Waals surface area contributed by atoms with Gasteiger partial charge < -0.3 is 10.2 Å². The Bertz CT molecular complexity index is 400. The third kappa shape index (κ3) is 3.22. The van der Waals surface area contributed by atoms with Crippen LogP contribution in [-0.4, -0.2) is 24.0 Å². The van der Waals surface area contributed by atoms with E-state index in [1.165, 1.54) is 0 Å². The minimum atomic E-state index is 0.00352. The van der Waals surface area contributed by atoms with Gasteiger partial charge in [0.1, 0.15) is 0 Å². The van der Waals surface area contributed by atoms with Gasteiger partial charge in [0.25, 0.3) is 0 Å². The van der Waals surface area contributed by atoms with E-state index in [-0.39, 0.29) is 6.03 Å². The summed E-state index contributed by atoms with van der Waals surface area (Å²) in [6.07, 6.45) is 2.20. The van der Waals surface area contributed by atoms with E-state index in [1.54, 1.807) is 0 Å². The van der Waals surface area contributed by atoms with Crippen LogP contribution < -0.4 is 5.32 Å². The number of nitrogens with one attached hydrogen (secondary N) is 1. The van der Waals surface area contributed by atoms with Crippen molar-refractivity contribution in [3.63, 3.8) is 0 Å². The van der Waals surface area contributed by atoms with Gasteiger partial charge in [0.2, 0.25) is 0 Å². The highest BCUT2D eigenvalue weighted by Gasteiger charge is 2.20. The molecule has 0 aliphatic carbocycles. The maximum absolute atomic E-state index is 12.0. The Hall–Kier alpha value is -1.03. The molecule has 2 rings (SSSR count). The zero-order valence-electron chi connectivity index (χ0n) is 9.95. The molecule has 0 atom stereocenters. The van der Waals surface area contributed by atoms with Gasteiger partial charge in [-0.05, 0) is 46.8 Å². The lowest BCUT2D eigenvalue weighted by atomic mass is 10.00. The van der Waals surface area contributed by atoms with E-state index in [1.807, 2.05) is 29.2 Å². The smallest absolute Gasteiger partial charge is 0.321 e. The van der Waals surface area contributed by atoms with Gasteiger partial charge in [-0.2, -0.15) is 0 Å². The zero-order valence-corrected chi connectivity index (χ0v) is 11.5. The highest BCUT2D eigenvalue weighted by atomic mass is 79.9. The fourth-order valence-corrected chi connectivity index (χ4v) is 2.35. The molecule has 17 heavy (non-hydrogen) atoms. The second-order valence-electron chi connectivity index (χ2n) is 4.58. The number of likely N-dealkylation sites (tertiary alicyclic amines) is 1. The van der Waals surface area contributed by atoms with E-state index < -0.39 is 0 Å². The van der Waals surface area contributed by atoms with Crippen LogP contribution in [0.1, 0.15) is 19.8 Å². The Labute approximate surface area is 110 Å². The average Bonchev–Trinajstić information content (AvgIpc) is 2.33. The van der Waals surface area contributed by atoms with Crippen LogP contribution in [0.2, 0.25) is 0 Å². The van der Waals surface area contributed by atoms with Crippen LogP contribution in [-0.2, 0) is 0 Å². The van der Waals surface area contributed by atoms with E-state index in [4.69, 9.17) is 0 Å². The van der Waals surface area contributed by atoms with Crippen LogP contribution in [0.15, 0.2) is 28.7 Å². The van der Waals surface area contributed by atoms with E-state index >= 15 is 0 Å². The van der Waals surface area contributed by atoms with Crippen molar-refractivity contribution in [2.45, 2.75) is 19.8 Å². The third-order valence-corrected chi connectivity index (χ3v) is 3.88. The lowest BCUT2D eigenvalue weighted by Gasteiger charge is -2.30. The molecule has 1 aliphatic rings. The van der Waals surface area contributed by atoms with Gasteiger partial charge in [0.15, 0.2) is 0 Å². The number of urea groups is 1. The van der Waals surface area contributed by atoms with E-state index in [0.29, 0.717) is 0 Å². The summed E-state index contributed by atoms with van der Waals surface area (Å²) < 4.78 is 0.915. The van der Waals surface area contributed by atoms with Crippen LogP contribution in [0.25, 0.3) is 0 Å². The second-order valence-corrected chi connectivity index (χ2v) is 5.43. The molecule has 1 aromatic rings. The van der Waals surface area contributed by atoms with Crippen molar-refractivity contribution in [1.29, 1.82) is 0 Å². The molecule has 0 bridgehead atoms. The number of rotatable bonds is 1. The molecule has 1 heterocycles. The monoisotopic (exact) mass is 296 g/mol. The molecule has 1 saturated heterocycles. The Balaban J connectivity index is 1.95. The number of carbonyl (C=O) groups excluding carboxylic acids is 1. The van der Waals surface area contributed by atoms with Gasteiger partial charge in [0.05, 0.1) is 5.69 Å². The van der Waals surface area contributed by atoms with Gasteiger partial charge >= 0.3 is 6.03 Å². The zero-order chi connectivity index (χ0) is 12.3. The second kappa shape index (κ2) is 5.54. The number of halogens is 1. The highest BCUT2D eigenvalue weighted by molar-refractivity contribution is 9.10. The van der Waals surface area contributed by atoms with Gasteiger partial charge in [-0.3, -0.25) is 0 Å². The van der Waals surface area contributed by atoms with Crippen molar-refractivity contribution >= 4 is 27.6 Å². The van der Waals surface area contributed by atoms with Gasteiger partial charge in [0, 0.05) is 17.6 Å². The van der Waals surface area contributed by atoms with Crippen LogP contribution in [0.3, 0.4) is 0 Å². The molecule has 3 nitrogen and oxygen atoms in total. The Morgan fingerprint density at radius 2 is 2.00 bits per heavy atom. The van der Waals surface area contributed by atoms with Crippen molar-refractivity contribution < 1.29 is 4.79 Å². The summed E-state index contributed by atoms with van der Waals surface area (Å²) >= 11 is 3.43. The molecule has 0 spiro atoms. The topological polar surface area (TPSA) is 32.3 Å². The quantitative estimate of drug-likeness (QED) is 0.842. The third-order valence-electron chi connectivity index (χ3n) is 3.19. The molecule has 0 saturated carbocycles. The lowest BCUT2D eigenvalue weighted by molar-refractivity contribution is 0.186. The van der Waals surface area contributed by atoms with Crippen LogP contribution >= 0.6 is 15.9 Å². The average molecular weight is 297 g/mol. The molecule has 1 N–H and O–H groups in total. The highest BCUT2D eigenvalue weighted by Crippen LogP contribution is 2.22. The Morgan fingerprint density at radius 1 is 1.35 bits per heavy atom. The number of benzene rings is 1. The Morgan fingerprint density at radius 3 is 2.65 bits per heavy atom. The normalized spacial score (nSPS) is 16.9. The standard InChI is InChI=1S/C13H17BrN2O/c1-10-6-8-16(9-7-10)13(17)15-12-5-3-2-4-11(12)14/h2-5,10H,6-9H2,1H3,(H,15,17). The number of hydrogen-bond acceptors (Lipinski definition) is 1. The molecule has 2 amide bonds. The minimum Gasteiger partial charge on any atom is -0.325 e. The largest absolute Gasteiger partial charge is 0.325 e. The first-order chi connectivity index (χ1) is 8.16. The predicted octanol–water partition coefficient (Wildman–Crippen LogP) is 3.71. The molecule has 0 unspecified atom stereocenters. The van der Waals surface area contributed by atoms with Gasteiger partial charge in [-0.1, -0.05) is 19.1 Å².